The summed E-state index contributed by atoms with van der Waals surface area (Å²) < 4.78 is 7.32. The van der Waals surface area contributed by atoms with Crippen LogP contribution in [0.15, 0.2) is 35.3 Å². The third kappa shape index (κ3) is 3.10. The molecule has 1 aromatic carbocycles. The molecule has 0 amide bonds. The maximum atomic E-state index is 12.6. The minimum absolute atomic E-state index is 0.119. The topological polar surface area (TPSA) is 62.4 Å². The first-order valence-electron chi connectivity index (χ1n) is 10.2. The van der Waals surface area contributed by atoms with Crippen molar-refractivity contribution in [3.8, 4) is 0 Å². The number of piperazine rings is 1. The van der Waals surface area contributed by atoms with Crippen molar-refractivity contribution in [1.82, 2.24) is 19.2 Å². The second-order valence-electron chi connectivity index (χ2n) is 7.71. The number of ether oxygens (including phenoxy) is 1. The van der Waals surface area contributed by atoms with E-state index in [1.165, 1.54) is 0 Å². The van der Waals surface area contributed by atoms with Crippen LogP contribution < -0.4 is 10.7 Å². The number of para-hydroxylation sites is 2. The molecule has 0 radical (unpaired) electrons. The molecule has 3 aromatic rings. The number of fused-ring (bicyclic) bond motifs is 5. The molecule has 1 atom stereocenters. The zero-order valence-electron chi connectivity index (χ0n) is 16.8. The molecule has 0 spiro atoms. The van der Waals surface area contributed by atoms with Gasteiger partial charge in [0, 0.05) is 37.8 Å². The summed E-state index contributed by atoms with van der Waals surface area (Å²) in [6.07, 6.45) is 3.16. The fraction of sp³-hybridized carbons (Fsp3) is 0.409. The van der Waals surface area contributed by atoms with E-state index in [0.717, 1.165) is 54.3 Å². The standard InChI is InChI=1S/C22H25N5O2/c1-3-29-22(28)16-14-15-8-9-19(26-12-10-25(2)11-13-26)24-20(15)27-18-7-5-4-6-17(18)23-21(16)27/h4-8,14,19H,3,9-13H2,1-2H3. The number of rotatable bonds is 3. The normalized spacial score (nSPS) is 20.3. The Labute approximate surface area is 168 Å². The highest BCUT2D eigenvalue weighted by Gasteiger charge is 2.24. The minimum Gasteiger partial charge on any atom is -0.462 e. The number of likely N-dealkylation sites (N-methyl/N-ethyl adjacent to an activating group) is 1. The zero-order chi connectivity index (χ0) is 20.0. The fourth-order valence-electron chi connectivity index (χ4n) is 4.25. The molecule has 7 nitrogen and oxygen atoms in total. The van der Waals surface area contributed by atoms with E-state index in [0.29, 0.717) is 17.8 Å². The molecule has 2 aromatic heterocycles. The maximum Gasteiger partial charge on any atom is 0.341 e. The number of pyridine rings is 1. The van der Waals surface area contributed by atoms with Crippen LogP contribution in [0.5, 0.6) is 0 Å². The molecule has 0 N–H and O–H groups in total. The Bertz CT molecular complexity index is 1210. The lowest BCUT2D eigenvalue weighted by atomic mass is 10.1. The summed E-state index contributed by atoms with van der Waals surface area (Å²) >= 11 is 0. The Morgan fingerprint density at radius 1 is 1.21 bits per heavy atom. The van der Waals surface area contributed by atoms with Crippen molar-refractivity contribution in [2.45, 2.75) is 19.5 Å². The first-order valence-corrected chi connectivity index (χ1v) is 10.2. The van der Waals surface area contributed by atoms with Gasteiger partial charge in [0.2, 0.25) is 0 Å². The van der Waals surface area contributed by atoms with E-state index in [2.05, 4.69) is 22.9 Å². The fourth-order valence-corrected chi connectivity index (χ4v) is 4.25. The molecule has 5 rings (SSSR count). The van der Waals surface area contributed by atoms with Crippen molar-refractivity contribution in [2.75, 3.05) is 39.8 Å². The van der Waals surface area contributed by atoms with Gasteiger partial charge in [0.25, 0.3) is 0 Å². The Morgan fingerprint density at radius 2 is 2.00 bits per heavy atom. The smallest absolute Gasteiger partial charge is 0.341 e. The lowest BCUT2D eigenvalue weighted by molar-refractivity contribution is 0.0528. The molecule has 2 aliphatic heterocycles. The third-order valence-electron chi connectivity index (χ3n) is 5.85. The zero-order valence-corrected chi connectivity index (χ0v) is 16.8. The number of hydrogen-bond acceptors (Lipinski definition) is 6. The number of esters is 1. The first-order chi connectivity index (χ1) is 14.2. The van der Waals surface area contributed by atoms with E-state index in [-0.39, 0.29) is 12.1 Å². The quantitative estimate of drug-likeness (QED) is 0.625. The largest absolute Gasteiger partial charge is 0.462 e. The molecule has 1 unspecified atom stereocenters. The SMILES string of the molecule is CCOC(=O)c1cc2c(n3c1nc1ccccc13)=NC(N1CCN(C)CC1)CC=2. The highest BCUT2D eigenvalue weighted by atomic mass is 16.5. The predicted molar refractivity (Wildman–Crippen MR) is 111 cm³/mol. The molecular weight excluding hydrogens is 366 g/mol. The van der Waals surface area contributed by atoms with Crippen molar-refractivity contribution in [2.24, 2.45) is 4.99 Å². The van der Waals surface area contributed by atoms with Crippen LogP contribution in [0.2, 0.25) is 0 Å². The molecule has 0 bridgehead atoms. The van der Waals surface area contributed by atoms with Crippen molar-refractivity contribution in [3.63, 3.8) is 0 Å². The molecule has 2 aliphatic rings. The number of nitrogens with zero attached hydrogens (tertiary/aromatic N) is 5. The number of carbonyl (C=O) groups excluding carboxylic acids is 1. The molecule has 150 valence electrons. The predicted octanol–water partition coefficient (Wildman–Crippen LogP) is 1.04. The van der Waals surface area contributed by atoms with E-state index in [1.54, 1.807) is 0 Å². The second-order valence-corrected chi connectivity index (χ2v) is 7.71. The van der Waals surface area contributed by atoms with Crippen molar-refractivity contribution in [3.05, 3.63) is 46.6 Å². The van der Waals surface area contributed by atoms with Gasteiger partial charge in [0.15, 0.2) is 5.65 Å². The van der Waals surface area contributed by atoms with Crippen LogP contribution in [-0.4, -0.2) is 71.2 Å². The average molecular weight is 391 g/mol. The van der Waals surface area contributed by atoms with Gasteiger partial charge in [-0.05, 0) is 32.2 Å². The third-order valence-corrected chi connectivity index (χ3v) is 5.85. The summed E-state index contributed by atoms with van der Waals surface area (Å²) in [4.78, 5) is 27.3. The van der Waals surface area contributed by atoms with Crippen molar-refractivity contribution in [1.29, 1.82) is 0 Å². The van der Waals surface area contributed by atoms with Gasteiger partial charge in [0.1, 0.15) is 17.2 Å². The number of hydrogen-bond donors (Lipinski definition) is 0. The van der Waals surface area contributed by atoms with Crippen molar-refractivity contribution < 1.29 is 9.53 Å². The van der Waals surface area contributed by atoms with Gasteiger partial charge in [0.05, 0.1) is 17.6 Å². The van der Waals surface area contributed by atoms with Gasteiger partial charge in [-0.25, -0.2) is 14.8 Å². The van der Waals surface area contributed by atoms with Gasteiger partial charge in [-0.1, -0.05) is 18.2 Å². The molecule has 0 aliphatic carbocycles. The minimum atomic E-state index is -0.342. The molecule has 0 saturated carbocycles. The molecule has 29 heavy (non-hydrogen) atoms. The summed E-state index contributed by atoms with van der Waals surface area (Å²) in [5.74, 6) is -0.342. The highest BCUT2D eigenvalue weighted by Crippen LogP contribution is 2.19. The Balaban J connectivity index is 1.73. The van der Waals surface area contributed by atoms with Crippen molar-refractivity contribution >= 4 is 28.7 Å². The molecule has 1 saturated heterocycles. The van der Waals surface area contributed by atoms with Crippen LogP contribution in [0, 0.1) is 0 Å². The highest BCUT2D eigenvalue weighted by molar-refractivity contribution is 5.98. The Kier molecular flexibility index (Phi) is 4.56. The molecular formula is C22H25N5O2. The van der Waals surface area contributed by atoms with Gasteiger partial charge < -0.3 is 9.64 Å². The summed E-state index contributed by atoms with van der Waals surface area (Å²) in [5.41, 5.74) is 3.78. The maximum absolute atomic E-state index is 12.6. The summed E-state index contributed by atoms with van der Waals surface area (Å²) in [6.45, 7) is 6.30. The molecule has 7 heteroatoms. The van der Waals surface area contributed by atoms with Gasteiger partial charge >= 0.3 is 5.97 Å². The monoisotopic (exact) mass is 391 g/mol. The van der Waals surface area contributed by atoms with E-state index in [9.17, 15) is 4.79 Å². The second kappa shape index (κ2) is 7.24. The van der Waals surface area contributed by atoms with Crippen LogP contribution in [0.1, 0.15) is 23.7 Å². The van der Waals surface area contributed by atoms with Gasteiger partial charge in [-0.3, -0.25) is 9.30 Å². The van der Waals surface area contributed by atoms with Crippen LogP contribution in [0.3, 0.4) is 0 Å². The van der Waals surface area contributed by atoms with E-state index in [4.69, 9.17) is 14.7 Å². The number of aromatic nitrogens is 2. The van der Waals surface area contributed by atoms with E-state index >= 15 is 0 Å². The number of benzene rings is 1. The summed E-state index contributed by atoms with van der Waals surface area (Å²) in [5, 5.41) is 0.967. The van der Waals surface area contributed by atoms with Gasteiger partial charge in [-0.15, -0.1) is 0 Å². The lowest BCUT2D eigenvalue weighted by Crippen LogP contribution is -2.51. The number of imidazole rings is 1. The first kappa shape index (κ1) is 18.3. The van der Waals surface area contributed by atoms with E-state index < -0.39 is 0 Å². The lowest BCUT2D eigenvalue weighted by Gasteiger charge is -2.36. The molecule has 1 fully saturated rings. The summed E-state index contributed by atoms with van der Waals surface area (Å²) in [6, 6.07) is 9.83. The van der Waals surface area contributed by atoms with Crippen LogP contribution in [0.25, 0.3) is 22.8 Å². The molecule has 4 heterocycles. The van der Waals surface area contributed by atoms with E-state index in [1.807, 2.05) is 41.7 Å². The Hall–Kier alpha value is -2.77. The van der Waals surface area contributed by atoms with Crippen LogP contribution in [-0.2, 0) is 4.74 Å². The average Bonchev–Trinajstić information content (AvgIpc) is 3.13. The number of carbonyl (C=O) groups is 1. The van der Waals surface area contributed by atoms with Gasteiger partial charge in [-0.2, -0.15) is 0 Å². The Morgan fingerprint density at radius 3 is 2.79 bits per heavy atom. The summed E-state index contributed by atoms with van der Waals surface area (Å²) in [7, 11) is 2.16. The van der Waals surface area contributed by atoms with Crippen LogP contribution >= 0.6 is 0 Å². The van der Waals surface area contributed by atoms with Crippen LogP contribution in [0.4, 0.5) is 0 Å².